The van der Waals surface area contributed by atoms with Crippen molar-refractivity contribution in [3.8, 4) is 5.82 Å². The second-order valence-electron chi connectivity index (χ2n) is 5.46. The van der Waals surface area contributed by atoms with E-state index < -0.39 is 17.7 Å². The fraction of sp³-hybridized carbons (Fsp3) is 0.118. The zero-order valence-electron chi connectivity index (χ0n) is 13.2. The Morgan fingerprint density at radius 2 is 2.04 bits per heavy atom. The molecule has 0 radical (unpaired) electrons. The fourth-order valence-electron chi connectivity index (χ4n) is 2.32. The number of hydrogen-bond donors (Lipinski definition) is 2. The molecule has 0 aliphatic carbocycles. The molecule has 26 heavy (non-hydrogen) atoms. The molecule has 0 atom stereocenters. The van der Waals surface area contributed by atoms with Gasteiger partial charge in [0, 0.05) is 18.1 Å². The van der Waals surface area contributed by atoms with Gasteiger partial charge in [-0.2, -0.15) is 13.2 Å². The quantitative estimate of drug-likeness (QED) is 0.724. The van der Waals surface area contributed by atoms with Gasteiger partial charge in [-0.1, -0.05) is 6.07 Å². The molecule has 9 heteroatoms. The average molecular weight is 362 g/mol. The van der Waals surface area contributed by atoms with Crippen LogP contribution in [0.2, 0.25) is 0 Å². The lowest BCUT2D eigenvalue weighted by Crippen LogP contribution is -2.06. The van der Waals surface area contributed by atoms with E-state index in [-0.39, 0.29) is 17.9 Å². The molecule has 6 nitrogen and oxygen atoms in total. The number of nitrogens with zero attached hydrogens (tertiary/aromatic N) is 3. The molecule has 0 aliphatic heterocycles. The van der Waals surface area contributed by atoms with Gasteiger partial charge in [-0.15, -0.1) is 0 Å². The van der Waals surface area contributed by atoms with Gasteiger partial charge in [-0.05, 0) is 29.8 Å². The first kappa shape index (κ1) is 17.5. The van der Waals surface area contributed by atoms with Gasteiger partial charge < -0.3 is 15.0 Å². The molecule has 0 bridgehead atoms. The minimum atomic E-state index is -4.43. The molecule has 0 spiro atoms. The summed E-state index contributed by atoms with van der Waals surface area (Å²) in [4.78, 5) is 19.0. The maximum atomic E-state index is 12.8. The van der Waals surface area contributed by atoms with Crippen LogP contribution in [0.3, 0.4) is 0 Å². The Bertz CT molecular complexity index is 938. The molecular weight excluding hydrogens is 349 g/mol. The number of aliphatic carboxylic acids is 1. The Morgan fingerprint density at radius 3 is 2.77 bits per heavy atom. The summed E-state index contributed by atoms with van der Waals surface area (Å²) in [6, 6.07) is 6.39. The van der Waals surface area contributed by atoms with E-state index in [1.54, 1.807) is 23.0 Å². The van der Waals surface area contributed by atoms with E-state index in [1.165, 1.54) is 24.5 Å². The molecule has 0 unspecified atom stereocenters. The molecule has 0 saturated carbocycles. The van der Waals surface area contributed by atoms with Crippen LogP contribution in [0.1, 0.15) is 11.1 Å². The molecular formula is C17H13F3N4O2. The van der Waals surface area contributed by atoms with Crippen LogP contribution in [0.5, 0.6) is 0 Å². The van der Waals surface area contributed by atoms with Crippen molar-refractivity contribution in [2.45, 2.75) is 12.6 Å². The van der Waals surface area contributed by atoms with Gasteiger partial charge >= 0.3 is 12.1 Å². The third-order valence-corrected chi connectivity index (χ3v) is 3.46. The Morgan fingerprint density at radius 1 is 1.23 bits per heavy atom. The molecule has 3 aromatic rings. The second kappa shape index (κ2) is 6.87. The van der Waals surface area contributed by atoms with Crippen molar-refractivity contribution >= 4 is 17.5 Å². The van der Waals surface area contributed by atoms with Crippen LogP contribution in [-0.2, 0) is 17.4 Å². The van der Waals surface area contributed by atoms with Crippen molar-refractivity contribution in [1.82, 2.24) is 14.5 Å². The van der Waals surface area contributed by atoms with Gasteiger partial charge in [0.2, 0.25) is 0 Å². The number of carboxylic acids is 1. The number of hydrogen-bond acceptors (Lipinski definition) is 4. The highest BCUT2D eigenvalue weighted by atomic mass is 19.4. The Kier molecular flexibility index (Phi) is 4.61. The van der Waals surface area contributed by atoms with Crippen molar-refractivity contribution in [3.05, 3.63) is 66.2 Å². The van der Waals surface area contributed by atoms with Crippen molar-refractivity contribution in [2.75, 3.05) is 5.32 Å². The minimum absolute atomic E-state index is 0.122. The summed E-state index contributed by atoms with van der Waals surface area (Å²) in [5.41, 5.74) is 0.0521. The summed E-state index contributed by atoms with van der Waals surface area (Å²) < 4.78 is 39.9. The van der Waals surface area contributed by atoms with Gasteiger partial charge in [0.25, 0.3) is 0 Å². The van der Waals surface area contributed by atoms with Crippen molar-refractivity contribution in [3.63, 3.8) is 0 Å². The first-order valence-electron chi connectivity index (χ1n) is 7.46. The van der Waals surface area contributed by atoms with Crippen LogP contribution >= 0.6 is 0 Å². The topological polar surface area (TPSA) is 80.0 Å². The predicted octanol–water partition coefficient (Wildman–Crippen LogP) is 3.66. The van der Waals surface area contributed by atoms with Crippen molar-refractivity contribution in [1.29, 1.82) is 0 Å². The third kappa shape index (κ3) is 4.18. The first-order chi connectivity index (χ1) is 12.3. The molecule has 0 saturated heterocycles. The number of rotatable bonds is 5. The van der Waals surface area contributed by atoms with Crippen molar-refractivity contribution in [2.24, 2.45) is 0 Å². The smallest absolute Gasteiger partial charge is 0.416 e. The monoisotopic (exact) mass is 362 g/mol. The lowest BCUT2D eigenvalue weighted by molar-refractivity contribution is -0.138. The van der Waals surface area contributed by atoms with Gasteiger partial charge in [0.1, 0.15) is 0 Å². The number of benzene rings is 1. The van der Waals surface area contributed by atoms with Crippen LogP contribution < -0.4 is 5.32 Å². The van der Waals surface area contributed by atoms with Crippen LogP contribution in [0.25, 0.3) is 5.82 Å². The summed E-state index contributed by atoms with van der Waals surface area (Å²) in [5, 5.41) is 11.6. The van der Waals surface area contributed by atoms with Crippen LogP contribution in [0, 0.1) is 0 Å². The van der Waals surface area contributed by atoms with E-state index in [4.69, 9.17) is 5.11 Å². The van der Waals surface area contributed by atoms with E-state index in [1.807, 2.05) is 0 Å². The lowest BCUT2D eigenvalue weighted by Gasteiger charge is -2.10. The minimum Gasteiger partial charge on any atom is -0.481 e. The second-order valence-corrected chi connectivity index (χ2v) is 5.46. The van der Waals surface area contributed by atoms with Gasteiger partial charge in [-0.25, -0.2) is 4.98 Å². The van der Waals surface area contributed by atoms with E-state index in [0.717, 1.165) is 12.1 Å². The van der Waals surface area contributed by atoms with Gasteiger partial charge in [-0.3, -0.25) is 9.78 Å². The number of halogens is 3. The van der Waals surface area contributed by atoms with E-state index in [0.29, 0.717) is 11.4 Å². The zero-order valence-corrected chi connectivity index (χ0v) is 13.2. The first-order valence-corrected chi connectivity index (χ1v) is 7.46. The number of nitrogens with one attached hydrogen (secondary N) is 1. The summed E-state index contributed by atoms with van der Waals surface area (Å²) in [7, 11) is 0. The summed E-state index contributed by atoms with van der Waals surface area (Å²) in [5.74, 6) is -0.289. The highest BCUT2D eigenvalue weighted by molar-refractivity contribution is 5.70. The molecule has 1 aromatic carbocycles. The molecule has 2 aromatic heterocycles. The maximum Gasteiger partial charge on any atom is 0.416 e. The lowest BCUT2D eigenvalue weighted by atomic mass is 10.2. The number of aromatic nitrogens is 3. The number of carboxylic acid groups (broad SMARTS) is 1. The van der Waals surface area contributed by atoms with Crippen molar-refractivity contribution < 1.29 is 23.1 Å². The van der Waals surface area contributed by atoms with E-state index in [9.17, 15) is 18.0 Å². The zero-order chi connectivity index (χ0) is 18.7. The average Bonchev–Trinajstić information content (AvgIpc) is 3.02. The number of anilines is 2. The predicted molar refractivity (Wildman–Crippen MR) is 87.4 cm³/mol. The molecule has 0 amide bonds. The summed E-state index contributed by atoms with van der Waals surface area (Å²) in [6.07, 6.45) is 1.52. The highest BCUT2D eigenvalue weighted by Gasteiger charge is 2.30. The Labute approximate surface area is 146 Å². The van der Waals surface area contributed by atoms with Crippen LogP contribution in [0.4, 0.5) is 24.7 Å². The molecule has 2 heterocycles. The number of alkyl halides is 3. The molecule has 2 N–H and O–H groups in total. The van der Waals surface area contributed by atoms with E-state index in [2.05, 4.69) is 15.3 Å². The van der Waals surface area contributed by atoms with Crippen LogP contribution in [0.15, 0.2) is 55.1 Å². The standard InChI is InChI=1S/C17H13F3N4O2/c18-17(19,20)12-2-1-3-13(7-12)22-14-8-21-9-15(23-14)24-5-4-11(10-24)6-16(25)26/h1-5,7-10H,6H2,(H,22,23)(H,25,26). The molecule has 0 fully saturated rings. The summed E-state index contributed by atoms with van der Waals surface area (Å²) in [6.45, 7) is 0. The Balaban J connectivity index is 1.82. The van der Waals surface area contributed by atoms with Gasteiger partial charge in [0.15, 0.2) is 11.6 Å². The normalized spacial score (nSPS) is 11.3. The van der Waals surface area contributed by atoms with E-state index >= 15 is 0 Å². The molecule has 134 valence electrons. The van der Waals surface area contributed by atoms with Crippen LogP contribution in [-0.4, -0.2) is 25.6 Å². The van der Waals surface area contributed by atoms with Gasteiger partial charge in [0.05, 0.1) is 24.4 Å². The maximum absolute atomic E-state index is 12.8. The molecule has 3 rings (SSSR count). The fourth-order valence-corrected chi connectivity index (χ4v) is 2.32. The highest BCUT2D eigenvalue weighted by Crippen LogP contribution is 2.31. The molecule has 0 aliphatic rings. The number of carbonyl (C=O) groups is 1. The largest absolute Gasteiger partial charge is 0.481 e. The Hall–Kier alpha value is -3.36. The SMILES string of the molecule is O=C(O)Cc1ccn(-c2cncc(Nc3cccc(C(F)(F)F)c3)n2)c1. The third-order valence-electron chi connectivity index (χ3n) is 3.46. The summed E-state index contributed by atoms with van der Waals surface area (Å²) >= 11 is 0.